The van der Waals surface area contributed by atoms with Gasteiger partial charge in [-0.3, -0.25) is 10.1 Å². The average molecular weight is 168 g/mol. The van der Waals surface area contributed by atoms with Gasteiger partial charge in [0, 0.05) is 6.04 Å². The van der Waals surface area contributed by atoms with E-state index < -0.39 is 0 Å². The fourth-order valence-electron chi connectivity index (χ4n) is 1.88. The molecule has 1 saturated carbocycles. The van der Waals surface area contributed by atoms with Crippen LogP contribution >= 0.6 is 0 Å². The largest absolute Gasteiger partial charge is 0.323 e. The molecule has 2 rings (SSSR count). The summed E-state index contributed by atoms with van der Waals surface area (Å²) in [6.07, 6.45) is 2.71. The van der Waals surface area contributed by atoms with E-state index in [1.807, 2.05) is 4.90 Å². The summed E-state index contributed by atoms with van der Waals surface area (Å²) in [4.78, 5) is 13.5. The van der Waals surface area contributed by atoms with Crippen molar-refractivity contribution in [2.75, 3.05) is 6.54 Å². The molecule has 1 atom stereocenters. The Hall–Kier alpha value is -0.570. The molecule has 0 aromatic carbocycles. The predicted molar refractivity (Wildman–Crippen MR) is 46.5 cm³/mol. The highest BCUT2D eigenvalue weighted by atomic mass is 16.2. The van der Waals surface area contributed by atoms with E-state index >= 15 is 0 Å². The highest BCUT2D eigenvalue weighted by molar-refractivity contribution is 5.81. The SMILES string of the molecule is CC(C)C1NCC(=O)N1C1CC1. The second-order valence-electron chi connectivity index (χ2n) is 4.10. The smallest absolute Gasteiger partial charge is 0.238 e. The molecule has 0 radical (unpaired) electrons. The number of carbonyl (C=O) groups excluding carboxylic acids is 1. The number of hydrogen-bond acceptors (Lipinski definition) is 2. The molecule has 12 heavy (non-hydrogen) atoms. The molecule has 1 aliphatic carbocycles. The van der Waals surface area contributed by atoms with Gasteiger partial charge in [0.05, 0.1) is 12.7 Å². The van der Waals surface area contributed by atoms with Crippen LogP contribution in [0.3, 0.4) is 0 Å². The number of rotatable bonds is 2. The Bertz CT molecular complexity index is 199. The topological polar surface area (TPSA) is 32.3 Å². The lowest BCUT2D eigenvalue weighted by atomic mass is 10.1. The summed E-state index contributed by atoms with van der Waals surface area (Å²) >= 11 is 0. The van der Waals surface area contributed by atoms with Crippen molar-refractivity contribution in [1.29, 1.82) is 0 Å². The van der Waals surface area contributed by atoms with Crippen LogP contribution in [0.15, 0.2) is 0 Å². The number of amides is 1. The maximum atomic E-state index is 11.4. The molecule has 0 spiro atoms. The molecular formula is C9H16N2O. The quantitative estimate of drug-likeness (QED) is 0.653. The first-order valence-electron chi connectivity index (χ1n) is 4.74. The summed E-state index contributed by atoms with van der Waals surface area (Å²) in [6, 6.07) is 0.555. The van der Waals surface area contributed by atoms with Crippen LogP contribution in [0, 0.1) is 5.92 Å². The van der Waals surface area contributed by atoms with Gasteiger partial charge < -0.3 is 4.90 Å². The second kappa shape index (κ2) is 2.73. The van der Waals surface area contributed by atoms with Gasteiger partial charge in [-0.25, -0.2) is 0 Å². The van der Waals surface area contributed by atoms with Crippen molar-refractivity contribution in [2.45, 2.75) is 38.9 Å². The Morgan fingerprint density at radius 2 is 2.17 bits per heavy atom. The molecule has 1 heterocycles. The van der Waals surface area contributed by atoms with Crippen molar-refractivity contribution < 1.29 is 4.79 Å². The fraction of sp³-hybridized carbons (Fsp3) is 0.889. The molecule has 2 aliphatic rings. The summed E-state index contributed by atoms with van der Waals surface area (Å²) in [7, 11) is 0. The number of nitrogens with zero attached hydrogens (tertiary/aromatic N) is 1. The van der Waals surface area contributed by atoms with E-state index in [4.69, 9.17) is 0 Å². The molecule has 1 aliphatic heterocycles. The standard InChI is InChI=1S/C9H16N2O/c1-6(2)9-10-5-8(12)11(9)7-3-4-7/h6-7,9-10H,3-5H2,1-2H3. The first-order chi connectivity index (χ1) is 5.70. The van der Waals surface area contributed by atoms with Crippen LogP contribution in [0.2, 0.25) is 0 Å². The summed E-state index contributed by atoms with van der Waals surface area (Å²) in [5, 5.41) is 3.25. The van der Waals surface area contributed by atoms with E-state index in [0.29, 0.717) is 24.7 Å². The molecule has 0 bridgehead atoms. The highest BCUT2D eigenvalue weighted by Gasteiger charge is 2.41. The minimum absolute atomic E-state index is 0.288. The molecular weight excluding hydrogens is 152 g/mol. The molecule has 68 valence electrons. The number of nitrogens with one attached hydrogen (secondary N) is 1. The Kier molecular flexibility index (Phi) is 1.83. The van der Waals surface area contributed by atoms with E-state index in [1.165, 1.54) is 12.8 Å². The predicted octanol–water partition coefficient (Wildman–Crippen LogP) is 0.563. The third-order valence-corrected chi connectivity index (χ3v) is 2.62. The summed E-state index contributed by atoms with van der Waals surface area (Å²) in [6.45, 7) is 4.86. The van der Waals surface area contributed by atoms with Crippen molar-refractivity contribution in [2.24, 2.45) is 5.92 Å². The van der Waals surface area contributed by atoms with Gasteiger partial charge in [0.25, 0.3) is 0 Å². The van der Waals surface area contributed by atoms with Crippen molar-refractivity contribution in [3.05, 3.63) is 0 Å². The molecule has 3 nitrogen and oxygen atoms in total. The van der Waals surface area contributed by atoms with Gasteiger partial charge >= 0.3 is 0 Å². The molecule has 1 unspecified atom stereocenters. The van der Waals surface area contributed by atoms with Crippen LogP contribution in [0.5, 0.6) is 0 Å². The van der Waals surface area contributed by atoms with Gasteiger partial charge in [0.15, 0.2) is 0 Å². The van der Waals surface area contributed by atoms with Crippen molar-refractivity contribution in [3.8, 4) is 0 Å². The van der Waals surface area contributed by atoms with Crippen LogP contribution < -0.4 is 5.32 Å². The Balaban J connectivity index is 2.08. The first kappa shape index (κ1) is 8.05. The first-order valence-corrected chi connectivity index (χ1v) is 4.74. The zero-order valence-electron chi connectivity index (χ0n) is 7.71. The van der Waals surface area contributed by atoms with Crippen molar-refractivity contribution >= 4 is 5.91 Å². The van der Waals surface area contributed by atoms with Gasteiger partial charge in [0.2, 0.25) is 5.91 Å². The minimum Gasteiger partial charge on any atom is -0.323 e. The minimum atomic E-state index is 0.288. The van der Waals surface area contributed by atoms with Gasteiger partial charge in [-0.2, -0.15) is 0 Å². The van der Waals surface area contributed by atoms with E-state index in [9.17, 15) is 4.79 Å². The molecule has 0 aromatic rings. The molecule has 1 saturated heterocycles. The maximum Gasteiger partial charge on any atom is 0.238 e. The van der Waals surface area contributed by atoms with Gasteiger partial charge in [-0.05, 0) is 18.8 Å². The Morgan fingerprint density at radius 1 is 1.50 bits per heavy atom. The summed E-state index contributed by atoms with van der Waals surface area (Å²) in [5.74, 6) is 0.813. The van der Waals surface area contributed by atoms with Gasteiger partial charge in [-0.15, -0.1) is 0 Å². The Labute approximate surface area is 73.1 Å². The van der Waals surface area contributed by atoms with Gasteiger partial charge in [-0.1, -0.05) is 13.8 Å². The molecule has 1 N–H and O–H groups in total. The third kappa shape index (κ3) is 1.22. The van der Waals surface area contributed by atoms with Gasteiger partial charge in [0.1, 0.15) is 0 Å². The number of carbonyl (C=O) groups is 1. The normalized spacial score (nSPS) is 30.4. The summed E-state index contributed by atoms with van der Waals surface area (Å²) < 4.78 is 0. The van der Waals surface area contributed by atoms with Crippen LogP contribution in [0.4, 0.5) is 0 Å². The monoisotopic (exact) mass is 168 g/mol. The van der Waals surface area contributed by atoms with E-state index in [-0.39, 0.29) is 5.91 Å². The van der Waals surface area contributed by atoms with Crippen molar-refractivity contribution in [1.82, 2.24) is 10.2 Å². The fourth-order valence-corrected chi connectivity index (χ4v) is 1.88. The maximum absolute atomic E-state index is 11.4. The third-order valence-electron chi connectivity index (χ3n) is 2.62. The molecule has 0 aromatic heterocycles. The highest BCUT2D eigenvalue weighted by Crippen LogP contribution is 2.31. The van der Waals surface area contributed by atoms with E-state index in [2.05, 4.69) is 19.2 Å². The van der Waals surface area contributed by atoms with Crippen LogP contribution in [0.1, 0.15) is 26.7 Å². The van der Waals surface area contributed by atoms with E-state index in [0.717, 1.165) is 0 Å². The molecule has 1 amide bonds. The van der Waals surface area contributed by atoms with Crippen LogP contribution in [-0.2, 0) is 4.79 Å². The zero-order chi connectivity index (χ0) is 8.72. The van der Waals surface area contributed by atoms with Crippen LogP contribution in [-0.4, -0.2) is 29.6 Å². The second-order valence-corrected chi connectivity index (χ2v) is 4.10. The zero-order valence-corrected chi connectivity index (χ0v) is 7.71. The lowest BCUT2D eigenvalue weighted by Gasteiger charge is -2.27. The lowest BCUT2D eigenvalue weighted by molar-refractivity contribution is -0.129. The van der Waals surface area contributed by atoms with E-state index in [1.54, 1.807) is 0 Å². The number of hydrogen-bond donors (Lipinski definition) is 1. The average Bonchev–Trinajstić information content (AvgIpc) is 2.75. The molecule has 2 fully saturated rings. The summed E-state index contributed by atoms with van der Waals surface area (Å²) in [5.41, 5.74) is 0. The van der Waals surface area contributed by atoms with Crippen molar-refractivity contribution in [3.63, 3.8) is 0 Å². The molecule has 3 heteroatoms. The van der Waals surface area contributed by atoms with Crippen LogP contribution in [0.25, 0.3) is 0 Å². The lowest BCUT2D eigenvalue weighted by Crippen LogP contribution is -2.42. The Morgan fingerprint density at radius 3 is 2.67 bits per heavy atom.